The third kappa shape index (κ3) is 13.2. The molecule has 2 aromatic rings. The zero-order valence-corrected chi connectivity index (χ0v) is 25.1. The first kappa shape index (κ1) is 33.6. The normalized spacial score (nSPS) is 11.9. The van der Waals surface area contributed by atoms with Crippen LogP contribution in [0.1, 0.15) is 63.9 Å². The van der Waals surface area contributed by atoms with E-state index in [1.807, 2.05) is 30.3 Å². The molecule has 0 aromatic heterocycles. The van der Waals surface area contributed by atoms with Gasteiger partial charge < -0.3 is 25.8 Å². The standard InChI is InChI=1S/C30H42N6O6/c1-29(2,3)41-27(39)35-26(36-28(40)42-30(4,5)6)33-18-12-17-32-25(38)23(19-20-13-8-7-9-14-20)34-24(37)21-15-10-11-16-22(21)31/h7-11,13-16,23H,12,17-19,31H2,1-6H3,(H,32,38)(H,34,37)(H2,33,35,36,39,40)/t23-/m0/s1. The highest BCUT2D eigenvalue weighted by molar-refractivity contribution is 6.02. The topological polar surface area (TPSA) is 173 Å². The Kier molecular flexibility index (Phi) is 12.3. The minimum absolute atomic E-state index is 0.136. The number of aliphatic imine (C=N–C) groups is 1. The molecular formula is C30H42N6O6. The van der Waals surface area contributed by atoms with Crippen molar-refractivity contribution >= 4 is 35.6 Å². The van der Waals surface area contributed by atoms with Gasteiger partial charge in [0.1, 0.15) is 17.2 Å². The van der Waals surface area contributed by atoms with Crippen molar-refractivity contribution in [3.8, 4) is 0 Å². The van der Waals surface area contributed by atoms with Crippen LogP contribution in [0.25, 0.3) is 0 Å². The number of guanidine groups is 1. The lowest BCUT2D eigenvalue weighted by Crippen LogP contribution is -2.48. The van der Waals surface area contributed by atoms with Crippen molar-refractivity contribution in [3.63, 3.8) is 0 Å². The second-order valence-electron chi connectivity index (χ2n) is 11.4. The van der Waals surface area contributed by atoms with Crippen molar-refractivity contribution in [1.82, 2.24) is 21.3 Å². The smallest absolute Gasteiger partial charge is 0.414 e. The van der Waals surface area contributed by atoms with Gasteiger partial charge in [0.2, 0.25) is 11.9 Å². The number of nitrogen functional groups attached to an aromatic ring is 1. The lowest BCUT2D eigenvalue weighted by molar-refractivity contribution is -0.122. The fraction of sp³-hybridized carbons (Fsp3) is 0.433. The second-order valence-corrected chi connectivity index (χ2v) is 11.4. The molecule has 6 N–H and O–H groups in total. The highest BCUT2D eigenvalue weighted by Gasteiger charge is 2.23. The summed E-state index contributed by atoms with van der Waals surface area (Å²) in [5, 5.41) is 10.4. The van der Waals surface area contributed by atoms with E-state index in [0.717, 1.165) is 5.56 Å². The Bertz CT molecular complexity index is 1220. The quantitative estimate of drug-likeness (QED) is 0.130. The number of hydrogen-bond donors (Lipinski definition) is 5. The van der Waals surface area contributed by atoms with Gasteiger partial charge in [-0.2, -0.15) is 0 Å². The van der Waals surface area contributed by atoms with Crippen LogP contribution in [-0.4, -0.2) is 60.3 Å². The summed E-state index contributed by atoms with van der Waals surface area (Å²) < 4.78 is 10.5. The summed E-state index contributed by atoms with van der Waals surface area (Å²) in [6.07, 6.45) is -0.973. The molecule has 0 saturated heterocycles. The van der Waals surface area contributed by atoms with Crippen LogP contribution in [0, 0.1) is 0 Å². The maximum Gasteiger partial charge on any atom is 0.414 e. The van der Waals surface area contributed by atoms with Crippen LogP contribution < -0.4 is 27.0 Å². The average Bonchev–Trinajstić information content (AvgIpc) is 2.86. The zero-order valence-electron chi connectivity index (χ0n) is 25.1. The number of anilines is 1. The van der Waals surface area contributed by atoms with Gasteiger partial charge in [-0.15, -0.1) is 0 Å². The summed E-state index contributed by atoms with van der Waals surface area (Å²) in [5.41, 5.74) is 5.88. The predicted molar refractivity (Wildman–Crippen MR) is 161 cm³/mol. The summed E-state index contributed by atoms with van der Waals surface area (Å²) in [6, 6.07) is 15.1. The molecule has 1 atom stereocenters. The molecule has 2 rings (SSSR count). The minimum atomic E-state index is -0.860. The molecule has 0 radical (unpaired) electrons. The van der Waals surface area contributed by atoms with Crippen LogP contribution in [0.5, 0.6) is 0 Å². The van der Waals surface area contributed by atoms with Gasteiger partial charge in [0.15, 0.2) is 0 Å². The molecule has 0 saturated carbocycles. The molecule has 42 heavy (non-hydrogen) atoms. The number of hydrogen-bond acceptors (Lipinski definition) is 8. The highest BCUT2D eigenvalue weighted by atomic mass is 16.6. The van der Waals surface area contributed by atoms with Gasteiger partial charge in [-0.1, -0.05) is 42.5 Å². The van der Waals surface area contributed by atoms with Crippen LogP contribution in [0.4, 0.5) is 15.3 Å². The number of carbonyl (C=O) groups excluding carboxylic acids is 4. The van der Waals surface area contributed by atoms with Crippen molar-refractivity contribution in [2.24, 2.45) is 4.99 Å². The summed E-state index contributed by atoms with van der Waals surface area (Å²) in [7, 11) is 0. The average molecular weight is 583 g/mol. The van der Waals surface area contributed by atoms with Crippen LogP contribution >= 0.6 is 0 Å². The van der Waals surface area contributed by atoms with Crippen molar-refractivity contribution in [2.75, 3.05) is 18.8 Å². The van der Waals surface area contributed by atoms with Gasteiger partial charge in [-0.25, -0.2) is 9.59 Å². The first-order valence-electron chi connectivity index (χ1n) is 13.6. The van der Waals surface area contributed by atoms with E-state index in [4.69, 9.17) is 15.2 Å². The van der Waals surface area contributed by atoms with Crippen LogP contribution in [0.3, 0.4) is 0 Å². The molecule has 0 unspecified atom stereocenters. The number of nitrogens with one attached hydrogen (secondary N) is 4. The third-order valence-electron chi connectivity index (χ3n) is 5.25. The summed E-state index contributed by atoms with van der Waals surface area (Å²) in [4.78, 5) is 54.7. The van der Waals surface area contributed by atoms with E-state index in [9.17, 15) is 19.2 Å². The maximum atomic E-state index is 13.1. The van der Waals surface area contributed by atoms with E-state index in [1.165, 1.54) is 0 Å². The molecule has 12 heteroatoms. The Morgan fingerprint density at radius 3 is 1.93 bits per heavy atom. The molecule has 2 aromatic carbocycles. The Balaban J connectivity index is 2.03. The molecule has 12 nitrogen and oxygen atoms in total. The molecule has 228 valence electrons. The molecular weight excluding hydrogens is 540 g/mol. The molecule has 0 aliphatic carbocycles. The van der Waals surface area contributed by atoms with E-state index in [-0.39, 0.29) is 36.9 Å². The summed E-state index contributed by atoms with van der Waals surface area (Å²) in [6.45, 7) is 10.6. The zero-order chi connectivity index (χ0) is 31.3. The van der Waals surface area contributed by atoms with Crippen LogP contribution in [0.15, 0.2) is 59.6 Å². The lowest BCUT2D eigenvalue weighted by atomic mass is 10.0. The number of carbonyl (C=O) groups is 4. The Morgan fingerprint density at radius 2 is 1.38 bits per heavy atom. The summed E-state index contributed by atoms with van der Waals surface area (Å²) >= 11 is 0. The monoisotopic (exact) mass is 582 g/mol. The summed E-state index contributed by atoms with van der Waals surface area (Å²) in [5.74, 6) is -0.996. The number of nitrogens with zero attached hydrogens (tertiary/aromatic N) is 1. The van der Waals surface area contributed by atoms with Crippen molar-refractivity contribution in [3.05, 3.63) is 65.7 Å². The van der Waals surface area contributed by atoms with Gasteiger partial charge in [0.25, 0.3) is 5.91 Å². The van der Waals surface area contributed by atoms with Gasteiger partial charge in [-0.05, 0) is 65.7 Å². The van der Waals surface area contributed by atoms with E-state index in [0.29, 0.717) is 12.1 Å². The predicted octanol–water partition coefficient (Wildman–Crippen LogP) is 3.52. The largest absolute Gasteiger partial charge is 0.444 e. The number of ether oxygens (including phenoxy) is 2. The first-order valence-corrected chi connectivity index (χ1v) is 13.6. The molecule has 0 spiro atoms. The van der Waals surface area contributed by atoms with Crippen molar-refractivity contribution in [1.29, 1.82) is 0 Å². The first-order chi connectivity index (χ1) is 19.6. The number of rotatable bonds is 9. The Labute approximate surface area is 246 Å². The second kappa shape index (κ2) is 15.4. The fourth-order valence-electron chi connectivity index (χ4n) is 3.51. The molecule has 0 aliphatic heterocycles. The van der Waals surface area contributed by atoms with E-state index < -0.39 is 35.3 Å². The number of amides is 4. The van der Waals surface area contributed by atoms with Crippen LogP contribution in [-0.2, 0) is 20.7 Å². The van der Waals surface area contributed by atoms with Gasteiger partial charge in [0.05, 0.1) is 5.56 Å². The fourth-order valence-corrected chi connectivity index (χ4v) is 3.51. The maximum absolute atomic E-state index is 13.1. The number of alkyl carbamates (subject to hydrolysis) is 2. The van der Waals surface area contributed by atoms with E-state index in [2.05, 4.69) is 26.3 Å². The van der Waals surface area contributed by atoms with Crippen molar-refractivity contribution in [2.45, 2.75) is 71.6 Å². The Hall–Kier alpha value is -4.61. The molecule has 0 fully saturated rings. The Morgan fingerprint density at radius 1 is 0.833 bits per heavy atom. The molecule has 0 aliphatic rings. The van der Waals surface area contributed by atoms with E-state index >= 15 is 0 Å². The third-order valence-corrected chi connectivity index (χ3v) is 5.25. The van der Waals surface area contributed by atoms with Gasteiger partial charge in [-0.3, -0.25) is 25.2 Å². The minimum Gasteiger partial charge on any atom is -0.444 e. The lowest BCUT2D eigenvalue weighted by Gasteiger charge is -2.22. The molecule has 0 bridgehead atoms. The van der Waals surface area contributed by atoms with E-state index in [1.54, 1.807) is 65.8 Å². The number of para-hydroxylation sites is 1. The highest BCUT2D eigenvalue weighted by Crippen LogP contribution is 2.12. The van der Waals surface area contributed by atoms with Gasteiger partial charge >= 0.3 is 12.2 Å². The van der Waals surface area contributed by atoms with Crippen LogP contribution in [0.2, 0.25) is 0 Å². The number of nitrogens with two attached hydrogens (primary N) is 1. The number of benzene rings is 2. The van der Waals surface area contributed by atoms with Gasteiger partial charge in [0, 0.05) is 25.2 Å². The molecule has 4 amide bonds. The molecule has 0 heterocycles. The van der Waals surface area contributed by atoms with Crippen molar-refractivity contribution < 1.29 is 28.7 Å². The SMILES string of the molecule is CC(C)(C)OC(=O)NC(=NCCCNC(=O)[C@H](Cc1ccccc1)NC(=O)c1ccccc1N)NC(=O)OC(C)(C)C.